The van der Waals surface area contributed by atoms with E-state index in [1.54, 1.807) is 0 Å². The molecule has 0 bridgehead atoms. The second-order valence-corrected chi connectivity index (χ2v) is 5.42. The van der Waals surface area contributed by atoms with Crippen molar-refractivity contribution in [1.29, 1.82) is 0 Å². The molecule has 2 rings (SSSR count). The number of hydrogen-bond acceptors (Lipinski definition) is 6. The number of rotatable bonds is 8. The van der Waals surface area contributed by atoms with Crippen LogP contribution >= 0.6 is 0 Å². The quantitative estimate of drug-likeness (QED) is 0.788. The first-order chi connectivity index (χ1) is 9.62. The van der Waals surface area contributed by atoms with Crippen LogP contribution in [-0.2, 0) is 0 Å². The number of anilines is 2. The van der Waals surface area contributed by atoms with Gasteiger partial charge in [0.25, 0.3) is 0 Å². The van der Waals surface area contributed by atoms with Gasteiger partial charge in [0.2, 0.25) is 11.9 Å². The molecule has 0 spiro atoms. The van der Waals surface area contributed by atoms with Crippen LogP contribution in [0, 0.1) is 5.92 Å². The van der Waals surface area contributed by atoms with Crippen molar-refractivity contribution in [2.45, 2.75) is 46.6 Å². The molecular weight excluding hydrogens is 254 g/mol. The maximum atomic E-state index is 5.63. The molecule has 0 aliphatic heterocycles. The first kappa shape index (κ1) is 14.8. The fourth-order valence-electron chi connectivity index (χ4n) is 1.95. The van der Waals surface area contributed by atoms with Crippen LogP contribution in [0.5, 0.6) is 6.01 Å². The molecule has 1 heterocycles. The number of hydrogen-bond donors (Lipinski definition) is 1. The predicted molar refractivity (Wildman–Crippen MR) is 80.4 cm³/mol. The van der Waals surface area contributed by atoms with Crippen LogP contribution in [-0.4, -0.2) is 40.7 Å². The zero-order valence-corrected chi connectivity index (χ0v) is 12.9. The van der Waals surface area contributed by atoms with Crippen molar-refractivity contribution in [3.05, 3.63) is 0 Å². The van der Waals surface area contributed by atoms with Crippen molar-refractivity contribution in [3.63, 3.8) is 0 Å². The van der Waals surface area contributed by atoms with Gasteiger partial charge in [-0.1, -0.05) is 0 Å². The molecule has 1 N–H and O–H groups in total. The Balaban J connectivity index is 2.21. The third-order valence-corrected chi connectivity index (χ3v) is 3.12. The Morgan fingerprint density at radius 1 is 1.25 bits per heavy atom. The van der Waals surface area contributed by atoms with Gasteiger partial charge in [-0.05, 0) is 46.5 Å². The summed E-state index contributed by atoms with van der Waals surface area (Å²) >= 11 is 0. The Bertz CT molecular complexity index is 434. The SMILES string of the molecule is CCNc1nc(OC(C)C)nc(N(CC)CC2CC2)n1. The molecule has 112 valence electrons. The maximum absolute atomic E-state index is 5.63. The highest BCUT2D eigenvalue weighted by Crippen LogP contribution is 2.31. The summed E-state index contributed by atoms with van der Waals surface area (Å²) < 4.78 is 5.63. The third-order valence-electron chi connectivity index (χ3n) is 3.12. The van der Waals surface area contributed by atoms with Crippen molar-refractivity contribution in [3.8, 4) is 6.01 Å². The number of nitrogens with zero attached hydrogens (tertiary/aromatic N) is 4. The van der Waals surface area contributed by atoms with Crippen LogP contribution in [0.25, 0.3) is 0 Å². The van der Waals surface area contributed by atoms with Gasteiger partial charge in [-0.15, -0.1) is 0 Å². The van der Waals surface area contributed by atoms with Crippen LogP contribution in [0.15, 0.2) is 0 Å². The summed E-state index contributed by atoms with van der Waals surface area (Å²) in [4.78, 5) is 15.4. The van der Waals surface area contributed by atoms with E-state index in [0.29, 0.717) is 17.9 Å². The second kappa shape index (κ2) is 6.72. The Morgan fingerprint density at radius 3 is 2.55 bits per heavy atom. The largest absolute Gasteiger partial charge is 0.461 e. The normalized spacial score (nSPS) is 14.4. The molecule has 1 fully saturated rings. The van der Waals surface area contributed by atoms with Crippen molar-refractivity contribution in [1.82, 2.24) is 15.0 Å². The smallest absolute Gasteiger partial charge is 0.323 e. The molecule has 0 unspecified atom stereocenters. The average molecular weight is 279 g/mol. The highest BCUT2D eigenvalue weighted by atomic mass is 16.5. The lowest BCUT2D eigenvalue weighted by Gasteiger charge is -2.21. The monoisotopic (exact) mass is 279 g/mol. The van der Waals surface area contributed by atoms with E-state index >= 15 is 0 Å². The molecule has 1 aromatic rings. The standard InChI is InChI=1S/C14H25N5O/c1-5-15-12-16-13(18-14(17-12)20-10(3)4)19(6-2)9-11-7-8-11/h10-11H,5-9H2,1-4H3,(H,15,16,17,18). The molecular formula is C14H25N5O. The summed E-state index contributed by atoms with van der Waals surface area (Å²) in [6.45, 7) is 10.8. The van der Waals surface area contributed by atoms with Gasteiger partial charge in [0.15, 0.2) is 0 Å². The van der Waals surface area contributed by atoms with Gasteiger partial charge in [0.1, 0.15) is 0 Å². The Morgan fingerprint density at radius 2 is 2.00 bits per heavy atom. The summed E-state index contributed by atoms with van der Waals surface area (Å²) in [5.41, 5.74) is 0. The number of aromatic nitrogens is 3. The molecule has 0 radical (unpaired) electrons. The molecule has 6 heteroatoms. The van der Waals surface area contributed by atoms with Crippen LogP contribution in [0.2, 0.25) is 0 Å². The minimum absolute atomic E-state index is 0.0539. The van der Waals surface area contributed by atoms with Crippen molar-refractivity contribution < 1.29 is 4.74 Å². The lowest BCUT2D eigenvalue weighted by Crippen LogP contribution is -2.28. The first-order valence-corrected chi connectivity index (χ1v) is 7.53. The third kappa shape index (κ3) is 4.21. The Labute approximate surface area is 121 Å². The highest BCUT2D eigenvalue weighted by Gasteiger charge is 2.25. The molecule has 20 heavy (non-hydrogen) atoms. The lowest BCUT2D eigenvalue weighted by atomic mass is 10.4. The van der Waals surface area contributed by atoms with E-state index in [9.17, 15) is 0 Å². The first-order valence-electron chi connectivity index (χ1n) is 7.53. The molecule has 1 aliphatic carbocycles. The summed E-state index contributed by atoms with van der Waals surface area (Å²) in [6.07, 6.45) is 2.69. The van der Waals surface area contributed by atoms with E-state index in [1.165, 1.54) is 12.8 Å². The van der Waals surface area contributed by atoms with Crippen molar-refractivity contribution in [2.24, 2.45) is 5.92 Å². The fraction of sp³-hybridized carbons (Fsp3) is 0.786. The van der Waals surface area contributed by atoms with Gasteiger partial charge in [0, 0.05) is 19.6 Å². The van der Waals surface area contributed by atoms with Gasteiger partial charge in [-0.3, -0.25) is 0 Å². The lowest BCUT2D eigenvalue weighted by molar-refractivity contribution is 0.222. The Hall–Kier alpha value is -1.59. The fourth-order valence-corrected chi connectivity index (χ4v) is 1.95. The minimum atomic E-state index is 0.0539. The minimum Gasteiger partial charge on any atom is -0.461 e. The van der Waals surface area contributed by atoms with Crippen LogP contribution < -0.4 is 15.0 Å². The van der Waals surface area contributed by atoms with Crippen molar-refractivity contribution >= 4 is 11.9 Å². The van der Waals surface area contributed by atoms with E-state index < -0.39 is 0 Å². The van der Waals surface area contributed by atoms with E-state index in [0.717, 1.165) is 25.6 Å². The molecule has 0 aromatic carbocycles. The van der Waals surface area contributed by atoms with Gasteiger partial charge in [0.05, 0.1) is 6.10 Å². The zero-order valence-electron chi connectivity index (χ0n) is 12.9. The number of ether oxygens (including phenoxy) is 1. The molecule has 0 saturated heterocycles. The molecule has 6 nitrogen and oxygen atoms in total. The maximum Gasteiger partial charge on any atom is 0.323 e. The van der Waals surface area contributed by atoms with Crippen LogP contribution in [0.1, 0.15) is 40.5 Å². The van der Waals surface area contributed by atoms with Crippen LogP contribution in [0.3, 0.4) is 0 Å². The van der Waals surface area contributed by atoms with Gasteiger partial charge < -0.3 is 15.0 Å². The van der Waals surface area contributed by atoms with Crippen LogP contribution in [0.4, 0.5) is 11.9 Å². The van der Waals surface area contributed by atoms with Gasteiger partial charge in [-0.2, -0.15) is 15.0 Å². The van der Waals surface area contributed by atoms with E-state index in [-0.39, 0.29) is 6.10 Å². The van der Waals surface area contributed by atoms with Gasteiger partial charge in [-0.25, -0.2) is 0 Å². The van der Waals surface area contributed by atoms with E-state index in [4.69, 9.17) is 4.74 Å². The summed E-state index contributed by atoms with van der Waals surface area (Å²) in [6, 6.07) is 0.398. The summed E-state index contributed by atoms with van der Waals surface area (Å²) in [5.74, 6) is 2.09. The van der Waals surface area contributed by atoms with Crippen molar-refractivity contribution in [2.75, 3.05) is 29.9 Å². The zero-order chi connectivity index (χ0) is 14.5. The highest BCUT2D eigenvalue weighted by molar-refractivity contribution is 5.38. The topological polar surface area (TPSA) is 63.2 Å². The second-order valence-electron chi connectivity index (χ2n) is 5.42. The average Bonchev–Trinajstić information content (AvgIpc) is 3.19. The van der Waals surface area contributed by atoms with E-state index in [2.05, 4.69) is 32.1 Å². The van der Waals surface area contributed by atoms with E-state index in [1.807, 2.05) is 20.8 Å². The Kier molecular flexibility index (Phi) is 4.98. The molecule has 1 aliphatic rings. The summed E-state index contributed by atoms with van der Waals surface area (Å²) in [7, 11) is 0. The van der Waals surface area contributed by atoms with Gasteiger partial charge >= 0.3 is 6.01 Å². The predicted octanol–water partition coefficient (Wildman–Crippen LogP) is 2.33. The molecule has 0 atom stereocenters. The summed E-state index contributed by atoms with van der Waals surface area (Å²) in [5, 5.41) is 3.14. The number of nitrogens with one attached hydrogen (secondary N) is 1. The molecule has 1 saturated carbocycles. The molecule has 1 aromatic heterocycles. The molecule has 0 amide bonds.